The predicted octanol–water partition coefficient (Wildman–Crippen LogP) is 4.16. The Morgan fingerprint density at radius 3 is 2.85 bits per heavy atom. The SMILES string of the molecule is CCNC(c1cc2cc(Cl)ccc2o1)C1CCOCC1. The number of nitrogens with one attached hydrogen (secondary N) is 1. The van der Waals surface area contributed by atoms with Crippen LogP contribution in [0, 0.1) is 5.92 Å². The quantitative estimate of drug-likeness (QED) is 0.919. The highest BCUT2D eigenvalue weighted by Gasteiger charge is 2.27. The van der Waals surface area contributed by atoms with Gasteiger partial charge in [-0.15, -0.1) is 0 Å². The van der Waals surface area contributed by atoms with Crippen molar-refractivity contribution in [1.82, 2.24) is 5.32 Å². The fourth-order valence-electron chi connectivity index (χ4n) is 2.96. The highest BCUT2D eigenvalue weighted by atomic mass is 35.5. The highest BCUT2D eigenvalue weighted by Crippen LogP contribution is 2.34. The van der Waals surface area contributed by atoms with E-state index in [1.165, 1.54) is 0 Å². The zero-order chi connectivity index (χ0) is 13.9. The molecule has 108 valence electrons. The van der Waals surface area contributed by atoms with Gasteiger partial charge in [-0.05, 0) is 49.6 Å². The van der Waals surface area contributed by atoms with Crippen molar-refractivity contribution < 1.29 is 9.15 Å². The average Bonchev–Trinajstić information content (AvgIpc) is 2.88. The zero-order valence-corrected chi connectivity index (χ0v) is 12.5. The molecule has 0 radical (unpaired) electrons. The Kier molecular flexibility index (Phi) is 4.29. The molecule has 1 unspecified atom stereocenters. The number of hydrogen-bond donors (Lipinski definition) is 1. The zero-order valence-electron chi connectivity index (χ0n) is 11.7. The summed E-state index contributed by atoms with van der Waals surface area (Å²) in [6, 6.07) is 8.14. The summed E-state index contributed by atoms with van der Waals surface area (Å²) in [6.45, 7) is 4.75. The van der Waals surface area contributed by atoms with Gasteiger partial charge < -0.3 is 14.5 Å². The van der Waals surface area contributed by atoms with Crippen molar-refractivity contribution in [3.63, 3.8) is 0 Å². The van der Waals surface area contributed by atoms with Crippen LogP contribution >= 0.6 is 11.6 Å². The molecule has 1 aliphatic rings. The lowest BCUT2D eigenvalue weighted by atomic mass is 9.90. The van der Waals surface area contributed by atoms with E-state index < -0.39 is 0 Å². The summed E-state index contributed by atoms with van der Waals surface area (Å²) in [5, 5.41) is 5.38. The summed E-state index contributed by atoms with van der Waals surface area (Å²) in [5.74, 6) is 1.58. The fourth-order valence-corrected chi connectivity index (χ4v) is 3.14. The van der Waals surface area contributed by atoms with Gasteiger partial charge in [0.05, 0.1) is 6.04 Å². The third kappa shape index (κ3) is 2.85. The molecule has 1 fully saturated rings. The number of benzene rings is 1. The number of furan rings is 1. The van der Waals surface area contributed by atoms with Crippen molar-refractivity contribution in [2.45, 2.75) is 25.8 Å². The van der Waals surface area contributed by atoms with Crippen molar-refractivity contribution >= 4 is 22.6 Å². The summed E-state index contributed by atoms with van der Waals surface area (Å²) in [7, 11) is 0. The second-order valence-electron chi connectivity index (χ2n) is 5.32. The number of fused-ring (bicyclic) bond motifs is 1. The van der Waals surface area contributed by atoms with Gasteiger partial charge in [-0.2, -0.15) is 0 Å². The summed E-state index contributed by atoms with van der Waals surface area (Å²) >= 11 is 6.04. The van der Waals surface area contributed by atoms with Gasteiger partial charge in [-0.3, -0.25) is 0 Å². The number of hydrogen-bond acceptors (Lipinski definition) is 3. The lowest BCUT2D eigenvalue weighted by Crippen LogP contribution is -2.31. The molecule has 1 atom stereocenters. The maximum atomic E-state index is 6.04. The molecule has 3 nitrogen and oxygen atoms in total. The van der Waals surface area contributed by atoms with Crippen LogP contribution in [0.4, 0.5) is 0 Å². The largest absolute Gasteiger partial charge is 0.459 e. The lowest BCUT2D eigenvalue weighted by Gasteiger charge is -2.29. The smallest absolute Gasteiger partial charge is 0.134 e. The van der Waals surface area contributed by atoms with Crippen LogP contribution in [0.5, 0.6) is 0 Å². The van der Waals surface area contributed by atoms with Crippen molar-refractivity contribution in [1.29, 1.82) is 0 Å². The summed E-state index contributed by atoms with van der Waals surface area (Å²) in [4.78, 5) is 0. The molecule has 0 bridgehead atoms. The Hall–Kier alpha value is -1.03. The summed E-state index contributed by atoms with van der Waals surface area (Å²) in [6.07, 6.45) is 2.16. The molecule has 1 N–H and O–H groups in total. The van der Waals surface area contributed by atoms with Crippen molar-refractivity contribution in [2.24, 2.45) is 5.92 Å². The van der Waals surface area contributed by atoms with Gasteiger partial charge in [0, 0.05) is 23.6 Å². The van der Waals surface area contributed by atoms with Crippen molar-refractivity contribution in [2.75, 3.05) is 19.8 Å². The van der Waals surface area contributed by atoms with E-state index in [0.29, 0.717) is 5.92 Å². The molecular weight excluding hydrogens is 274 g/mol. The van der Waals surface area contributed by atoms with E-state index in [9.17, 15) is 0 Å². The minimum atomic E-state index is 0.259. The maximum Gasteiger partial charge on any atom is 0.134 e. The third-order valence-electron chi connectivity index (χ3n) is 3.97. The molecule has 0 aliphatic carbocycles. The molecule has 20 heavy (non-hydrogen) atoms. The van der Waals surface area contributed by atoms with Crippen LogP contribution < -0.4 is 5.32 Å². The van der Waals surface area contributed by atoms with Crippen LogP contribution in [0.2, 0.25) is 5.02 Å². The van der Waals surface area contributed by atoms with Gasteiger partial charge in [0.1, 0.15) is 11.3 Å². The van der Waals surface area contributed by atoms with Crippen LogP contribution in [0.25, 0.3) is 11.0 Å². The monoisotopic (exact) mass is 293 g/mol. The Balaban J connectivity index is 1.91. The molecule has 0 amide bonds. The predicted molar refractivity (Wildman–Crippen MR) is 81.2 cm³/mol. The average molecular weight is 294 g/mol. The van der Waals surface area contributed by atoms with E-state index in [2.05, 4.69) is 18.3 Å². The normalized spacial score (nSPS) is 18.5. The van der Waals surface area contributed by atoms with Gasteiger partial charge in [0.2, 0.25) is 0 Å². The molecule has 3 rings (SSSR count). The molecule has 1 aromatic carbocycles. The first kappa shape index (κ1) is 13.9. The molecule has 2 heterocycles. The number of halogens is 1. The second-order valence-corrected chi connectivity index (χ2v) is 5.75. The van der Waals surface area contributed by atoms with Crippen molar-refractivity contribution in [3.05, 3.63) is 35.0 Å². The van der Waals surface area contributed by atoms with Crippen molar-refractivity contribution in [3.8, 4) is 0 Å². The number of rotatable bonds is 4. The molecule has 1 aromatic heterocycles. The van der Waals surface area contributed by atoms with Crippen LogP contribution in [-0.2, 0) is 4.74 Å². The van der Waals surface area contributed by atoms with Gasteiger partial charge in [0.15, 0.2) is 0 Å². The second kappa shape index (κ2) is 6.17. The van der Waals surface area contributed by atoms with Gasteiger partial charge in [-0.1, -0.05) is 18.5 Å². The molecule has 1 aliphatic heterocycles. The molecule has 1 saturated heterocycles. The van der Waals surface area contributed by atoms with Gasteiger partial charge in [0.25, 0.3) is 0 Å². The van der Waals surface area contributed by atoms with E-state index in [0.717, 1.165) is 54.4 Å². The minimum Gasteiger partial charge on any atom is -0.459 e. The first-order valence-corrected chi connectivity index (χ1v) is 7.66. The Bertz CT molecular complexity index is 575. The molecule has 0 saturated carbocycles. The van der Waals surface area contributed by atoms with Crippen LogP contribution in [0.15, 0.2) is 28.7 Å². The van der Waals surface area contributed by atoms with E-state index in [1.54, 1.807) is 0 Å². The standard InChI is InChI=1S/C16H20ClNO2/c1-2-18-16(11-5-7-19-8-6-11)15-10-12-9-13(17)3-4-14(12)20-15/h3-4,9-11,16,18H,2,5-8H2,1H3. The molecule has 2 aromatic rings. The highest BCUT2D eigenvalue weighted by molar-refractivity contribution is 6.31. The van der Waals surface area contributed by atoms with Gasteiger partial charge >= 0.3 is 0 Å². The molecular formula is C16H20ClNO2. The van der Waals surface area contributed by atoms with Crippen LogP contribution in [0.1, 0.15) is 31.6 Å². The number of ether oxygens (including phenoxy) is 1. The molecule has 0 spiro atoms. The Morgan fingerprint density at radius 1 is 1.30 bits per heavy atom. The topological polar surface area (TPSA) is 34.4 Å². The van der Waals surface area contributed by atoms with E-state index in [1.807, 2.05) is 18.2 Å². The maximum absolute atomic E-state index is 6.04. The van der Waals surface area contributed by atoms with Crippen LogP contribution in [-0.4, -0.2) is 19.8 Å². The Morgan fingerprint density at radius 2 is 2.10 bits per heavy atom. The van der Waals surface area contributed by atoms with Crippen LogP contribution in [0.3, 0.4) is 0 Å². The summed E-state index contributed by atoms with van der Waals surface area (Å²) in [5.41, 5.74) is 0.902. The first-order valence-electron chi connectivity index (χ1n) is 7.28. The third-order valence-corrected chi connectivity index (χ3v) is 4.20. The van der Waals surface area contributed by atoms with Gasteiger partial charge in [-0.25, -0.2) is 0 Å². The minimum absolute atomic E-state index is 0.259. The van der Waals surface area contributed by atoms with E-state index in [4.69, 9.17) is 20.8 Å². The molecule has 4 heteroatoms. The lowest BCUT2D eigenvalue weighted by molar-refractivity contribution is 0.0511. The fraction of sp³-hybridized carbons (Fsp3) is 0.500. The van der Waals surface area contributed by atoms with E-state index in [-0.39, 0.29) is 6.04 Å². The Labute approximate surface area is 124 Å². The first-order chi connectivity index (χ1) is 9.78. The van der Waals surface area contributed by atoms with E-state index >= 15 is 0 Å². The summed E-state index contributed by atoms with van der Waals surface area (Å²) < 4.78 is 11.5.